The summed E-state index contributed by atoms with van der Waals surface area (Å²) in [5.74, 6) is 0.683. The quantitative estimate of drug-likeness (QED) is 0.827. The Morgan fingerprint density at radius 1 is 1.10 bits per heavy atom. The lowest BCUT2D eigenvalue weighted by atomic mass is 9.98. The molecule has 3 heteroatoms. The van der Waals surface area contributed by atoms with Crippen LogP contribution in [-0.4, -0.2) is 13.7 Å². The van der Waals surface area contributed by atoms with E-state index in [1.807, 2.05) is 36.4 Å². The van der Waals surface area contributed by atoms with Gasteiger partial charge in [0.05, 0.1) is 7.11 Å². The van der Waals surface area contributed by atoms with Gasteiger partial charge in [-0.05, 0) is 43.1 Å². The van der Waals surface area contributed by atoms with E-state index in [0.717, 1.165) is 36.3 Å². The van der Waals surface area contributed by atoms with Gasteiger partial charge in [0.25, 0.3) is 0 Å². The van der Waals surface area contributed by atoms with E-state index in [9.17, 15) is 4.39 Å². The van der Waals surface area contributed by atoms with Gasteiger partial charge in [0.15, 0.2) is 0 Å². The third-order valence-electron chi connectivity index (χ3n) is 3.52. The van der Waals surface area contributed by atoms with Gasteiger partial charge in [-0.1, -0.05) is 37.3 Å². The third-order valence-corrected chi connectivity index (χ3v) is 3.52. The van der Waals surface area contributed by atoms with Gasteiger partial charge in [-0.2, -0.15) is 0 Å². The van der Waals surface area contributed by atoms with Crippen LogP contribution >= 0.6 is 0 Å². The summed E-state index contributed by atoms with van der Waals surface area (Å²) in [6.07, 6.45) is 1.78. The molecule has 21 heavy (non-hydrogen) atoms. The lowest BCUT2D eigenvalue weighted by Gasteiger charge is -2.20. The molecule has 2 rings (SSSR count). The zero-order valence-electron chi connectivity index (χ0n) is 12.6. The van der Waals surface area contributed by atoms with Gasteiger partial charge in [-0.15, -0.1) is 0 Å². The van der Waals surface area contributed by atoms with Crippen LogP contribution in [0.5, 0.6) is 5.75 Å². The molecule has 1 atom stereocenters. The first-order chi connectivity index (χ1) is 10.2. The number of rotatable bonds is 7. The first-order valence-electron chi connectivity index (χ1n) is 7.35. The van der Waals surface area contributed by atoms with E-state index in [0.29, 0.717) is 0 Å². The lowest BCUT2D eigenvalue weighted by molar-refractivity contribution is 0.414. The zero-order chi connectivity index (χ0) is 15.1. The molecule has 0 heterocycles. The topological polar surface area (TPSA) is 21.3 Å². The standard InChI is InChI=1S/C18H22FNO/c1-3-12-20-18(16-6-4-5-7-17(16)19)13-14-8-10-15(21-2)11-9-14/h4-11,18,20H,3,12-13H2,1-2H3. The maximum Gasteiger partial charge on any atom is 0.127 e. The Balaban J connectivity index is 2.17. The summed E-state index contributed by atoms with van der Waals surface area (Å²) in [4.78, 5) is 0. The number of nitrogens with one attached hydrogen (secondary N) is 1. The Hall–Kier alpha value is -1.87. The predicted molar refractivity (Wildman–Crippen MR) is 84.1 cm³/mol. The molecule has 0 aromatic heterocycles. The van der Waals surface area contributed by atoms with Crippen molar-refractivity contribution in [1.82, 2.24) is 5.32 Å². The minimum Gasteiger partial charge on any atom is -0.497 e. The summed E-state index contributed by atoms with van der Waals surface area (Å²) in [7, 11) is 1.65. The fraction of sp³-hybridized carbons (Fsp3) is 0.333. The number of benzene rings is 2. The zero-order valence-corrected chi connectivity index (χ0v) is 12.6. The molecule has 0 saturated heterocycles. The molecule has 1 unspecified atom stereocenters. The van der Waals surface area contributed by atoms with E-state index in [1.54, 1.807) is 13.2 Å². The highest BCUT2D eigenvalue weighted by molar-refractivity contribution is 5.30. The van der Waals surface area contributed by atoms with Crippen molar-refractivity contribution in [2.45, 2.75) is 25.8 Å². The van der Waals surface area contributed by atoms with Gasteiger partial charge in [-0.25, -0.2) is 4.39 Å². The van der Waals surface area contributed by atoms with Gasteiger partial charge in [0, 0.05) is 11.6 Å². The first kappa shape index (κ1) is 15.5. The lowest BCUT2D eigenvalue weighted by Crippen LogP contribution is -2.25. The SMILES string of the molecule is CCCNC(Cc1ccc(OC)cc1)c1ccccc1F. The molecule has 2 aromatic rings. The first-order valence-corrected chi connectivity index (χ1v) is 7.35. The van der Waals surface area contributed by atoms with Crippen LogP contribution in [0.4, 0.5) is 4.39 Å². The van der Waals surface area contributed by atoms with Crippen LogP contribution in [-0.2, 0) is 6.42 Å². The minimum atomic E-state index is -0.153. The monoisotopic (exact) mass is 287 g/mol. The summed E-state index contributed by atoms with van der Waals surface area (Å²) in [6.45, 7) is 2.98. The van der Waals surface area contributed by atoms with Gasteiger partial charge in [0.2, 0.25) is 0 Å². The Kier molecular flexibility index (Phi) is 5.76. The maximum absolute atomic E-state index is 14.0. The summed E-state index contributed by atoms with van der Waals surface area (Å²) >= 11 is 0. The molecular formula is C18H22FNO. The molecule has 1 N–H and O–H groups in total. The highest BCUT2D eigenvalue weighted by Crippen LogP contribution is 2.22. The van der Waals surface area contributed by atoms with Crippen LogP contribution in [0.15, 0.2) is 48.5 Å². The van der Waals surface area contributed by atoms with E-state index in [1.165, 1.54) is 6.07 Å². The van der Waals surface area contributed by atoms with Crippen LogP contribution < -0.4 is 10.1 Å². The Bertz CT molecular complexity index is 553. The number of ether oxygens (including phenoxy) is 1. The van der Waals surface area contributed by atoms with E-state index >= 15 is 0 Å². The number of hydrogen-bond donors (Lipinski definition) is 1. The van der Waals surface area contributed by atoms with Crippen molar-refractivity contribution in [2.75, 3.05) is 13.7 Å². The van der Waals surface area contributed by atoms with Crippen LogP contribution in [0.1, 0.15) is 30.5 Å². The Morgan fingerprint density at radius 2 is 1.81 bits per heavy atom. The third kappa shape index (κ3) is 4.30. The minimum absolute atomic E-state index is 0.0143. The second-order valence-electron chi connectivity index (χ2n) is 5.08. The molecule has 2 aromatic carbocycles. The fourth-order valence-corrected chi connectivity index (χ4v) is 2.37. The average molecular weight is 287 g/mol. The predicted octanol–water partition coefficient (Wildman–Crippen LogP) is 4.12. The molecule has 0 amide bonds. The molecular weight excluding hydrogens is 265 g/mol. The van der Waals surface area contributed by atoms with Crippen molar-refractivity contribution >= 4 is 0 Å². The molecule has 0 bridgehead atoms. The van der Waals surface area contributed by atoms with E-state index < -0.39 is 0 Å². The summed E-state index contributed by atoms with van der Waals surface area (Å²) in [5.41, 5.74) is 1.88. The van der Waals surface area contributed by atoms with Crippen LogP contribution in [0, 0.1) is 5.82 Å². The molecule has 0 aliphatic heterocycles. The van der Waals surface area contributed by atoms with Crippen molar-refractivity contribution in [1.29, 1.82) is 0 Å². The molecule has 0 aliphatic rings. The van der Waals surface area contributed by atoms with Crippen molar-refractivity contribution in [2.24, 2.45) is 0 Å². The molecule has 0 saturated carbocycles. The Labute approximate surface area is 126 Å². The van der Waals surface area contributed by atoms with Crippen molar-refractivity contribution in [3.63, 3.8) is 0 Å². The molecule has 2 nitrogen and oxygen atoms in total. The Morgan fingerprint density at radius 3 is 2.43 bits per heavy atom. The normalized spacial score (nSPS) is 12.1. The molecule has 0 radical (unpaired) electrons. The van der Waals surface area contributed by atoms with Crippen LogP contribution in [0.3, 0.4) is 0 Å². The van der Waals surface area contributed by atoms with Gasteiger partial charge >= 0.3 is 0 Å². The van der Waals surface area contributed by atoms with E-state index in [4.69, 9.17) is 4.74 Å². The highest BCUT2D eigenvalue weighted by atomic mass is 19.1. The summed E-state index contributed by atoms with van der Waals surface area (Å²) in [6, 6.07) is 14.9. The van der Waals surface area contributed by atoms with E-state index in [2.05, 4.69) is 12.2 Å². The molecule has 112 valence electrons. The molecule has 0 fully saturated rings. The fourth-order valence-electron chi connectivity index (χ4n) is 2.37. The van der Waals surface area contributed by atoms with Crippen LogP contribution in [0.2, 0.25) is 0 Å². The highest BCUT2D eigenvalue weighted by Gasteiger charge is 2.15. The van der Waals surface area contributed by atoms with Gasteiger partial charge < -0.3 is 10.1 Å². The number of methoxy groups -OCH3 is 1. The second kappa shape index (κ2) is 7.79. The van der Waals surface area contributed by atoms with Crippen molar-refractivity contribution in [3.8, 4) is 5.75 Å². The van der Waals surface area contributed by atoms with Crippen LogP contribution in [0.25, 0.3) is 0 Å². The summed E-state index contributed by atoms with van der Waals surface area (Å²) in [5, 5.41) is 3.43. The van der Waals surface area contributed by atoms with Gasteiger partial charge in [0.1, 0.15) is 11.6 Å². The smallest absolute Gasteiger partial charge is 0.127 e. The maximum atomic E-state index is 14.0. The average Bonchev–Trinajstić information content (AvgIpc) is 2.53. The summed E-state index contributed by atoms with van der Waals surface area (Å²) < 4.78 is 19.2. The van der Waals surface area contributed by atoms with Crippen molar-refractivity contribution < 1.29 is 9.13 Å². The molecule has 0 aliphatic carbocycles. The molecule has 0 spiro atoms. The van der Waals surface area contributed by atoms with Gasteiger partial charge in [-0.3, -0.25) is 0 Å². The number of halogens is 1. The largest absolute Gasteiger partial charge is 0.497 e. The number of hydrogen-bond acceptors (Lipinski definition) is 2. The van der Waals surface area contributed by atoms with E-state index in [-0.39, 0.29) is 11.9 Å². The van der Waals surface area contributed by atoms with Crippen molar-refractivity contribution in [3.05, 3.63) is 65.5 Å². The second-order valence-corrected chi connectivity index (χ2v) is 5.08.